The number of anilines is 2. The quantitative estimate of drug-likeness (QED) is 0.0507. The Morgan fingerprint density at radius 1 is 0.788 bits per heavy atom. The lowest BCUT2D eigenvalue weighted by Crippen LogP contribution is -2.49. The predicted molar refractivity (Wildman–Crippen MR) is 263 cm³/mol. The molecule has 9 atom stereocenters. The Hall–Kier alpha value is -3.37. The van der Waals surface area contributed by atoms with Gasteiger partial charge in [-0.05, 0) is 78.7 Å². The summed E-state index contributed by atoms with van der Waals surface area (Å²) in [5.74, 6) is 0.348. The highest BCUT2D eigenvalue weighted by Crippen LogP contribution is 2.41. The summed E-state index contributed by atoms with van der Waals surface area (Å²) >= 11 is 12.1. The van der Waals surface area contributed by atoms with Gasteiger partial charge in [0.25, 0.3) is 0 Å². The Kier molecular flexibility index (Phi) is 17.0. The lowest BCUT2D eigenvalue weighted by molar-refractivity contribution is -0.0511. The summed E-state index contributed by atoms with van der Waals surface area (Å²) in [5, 5.41) is 30.3. The first-order valence-corrected chi connectivity index (χ1v) is 31.3. The van der Waals surface area contributed by atoms with E-state index < -0.39 is 63.0 Å². The zero-order valence-corrected chi connectivity index (χ0v) is 44.2. The fraction of sp³-hybridized carbons (Fsp3) is 0.619. The van der Waals surface area contributed by atoms with Crippen LogP contribution in [0.5, 0.6) is 6.01 Å². The van der Waals surface area contributed by atoms with Crippen molar-refractivity contribution in [2.75, 3.05) is 31.3 Å². The molecule has 7 rings (SSSR count). The molecule has 2 fully saturated rings. The van der Waals surface area contributed by atoms with Crippen LogP contribution in [0.3, 0.4) is 0 Å². The van der Waals surface area contributed by atoms with Gasteiger partial charge < -0.3 is 54.3 Å². The zero-order valence-electron chi connectivity index (χ0n) is 39.5. The standard InChI is InChI=1S/C24H46ClN5O4Si3.C18H20ClN5O5.H2/c1-14(2)35(7)33-19-17(12-31-36(8,9)15(3)4)32-23(20(19)34-37(10,11)16(5)6)30-13-27-18-21(26)28-24(25)29-22(18)30;19-10-3-1-9(2-4-10)5-6-28-18-22-15(20)12-16(23-18)24(8-21-12)17-14(27)13(26)11(7-25)29-17;/h13-17,19-20,23,35H,12H2,1-11H3,(H2,26,28,29);1-4,8,11,13-14,17,25-27H,5-7H2,(H2,20,22,23);1H/t17-,19-,20-,23-,35?;11-,13-,14-,17-;/m11./s1. The van der Waals surface area contributed by atoms with E-state index in [-0.39, 0.29) is 48.3 Å². The highest BCUT2D eigenvalue weighted by molar-refractivity contribution is 6.72. The van der Waals surface area contributed by atoms with Gasteiger partial charge in [0.1, 0.15) is 42.1 Å². The number of aliphatic hydroxyl groups excluding tert-OH is 3. The first-order chi connectivity index (χ1) is 31.0. The van der Waals surface area contributed by atoms with E-state index in [4.69, 9.17) is 62.2 Å². The number of aliphatic hydroxyl groups is 3. The summed E-state index contributed by atoms with van der Waals surface area (Å²) in [6.07, 6.45) is -2.16. The van der Waals surface area contributed by atoms with Crippen LogP contribution in [0.1, 0.15) is 61.0 Å². The molecule has 5 aromatic rings. The number of nitrogen functional groups attached to an aromatic ring is 2. The number of fused-ring (bicyclic) bond motifs is 2. The molecule has 19 nitrogen and oxygen atoms in total. The van der Waals surface area contributed by atoms with Crippen LogP contribution < -0.4 is 16.2 Å². The summed E-state index contributed by atoms with van der Waals surface area (Å²) in [6.45, 7) is 24.9. The Bertz CT molecular complexity index is 2400. The van der Waals surface area contributed by atoms with Crippen molar-refractivity contribution >= 4 is 82.8 Å². The van der Waals surface area contributed by atoms with Crippen molar-refractivity contribution in [1.82, 2.24) is 39.0 Å². The maximum atomic E-state index is 10.3. The minimum Gasteiger partial charge on any atom is -0.463 e. The predicted octanol–water partition coefficient (Wildman–Crippen LogP) is 6.28. The Labute approximate surface area is 400 Å². The van der Waals surface area contributed by atoms with Gasteiger partial charge in [-0.25, -0.2) is 9.97 Å². The van der Waals surface area contributed by atoms with Crippen LogP contribution in [-0.4, -0.2) is 136 Å². The van der Waals surface area contributed by atoms with E-state index in [1.54, 1.807) is 18.5 Å². The largest absolute Gasteiger partial charge is 0.463 e. The number of nitrogens with two attached hydrogens (primary N) is 2. The van der Waals surface area contributed by atoms with Crippen LogP contribution in [0.25, 0.3) is 22.3 Å². The van der Waals surface area contributed by atoms with Crippen LogP contribution in [0.15, 0.2) is 36.9 Å². The van der Waals surface area contributed by atoms with Crippen molar-refractivity contribution in [3.63, 3.8) is 0 Å². The van der Waals surface area contributed by atoms with Gasteiger partial charge in [-0.1, -0.05) is 65.3 Å². The lowest BCUT2D eigenvalue weighted by Gasteiger charge is -2.36. The highest BCUT2D eigenvalue weighted by atomic mass is 35.5. The first-order valence-electron chi connectivity index (χ1n) is 22.3. The molecule has 0 spiro atoms. The maximum Gasteiger partial charge on any atom is 0.320 e. The van der Waals surface area contributed by atoms with Crippen LogP contribution in [-0.2, 0) is 29.2 Å². The van der Waals surface area contributed by atoms with Gasteiger partial charge in [0.05, 0.1) is 32.5 Å². The molecule has 24 heteroatoms. The molecule has 2 saturated heterocycles. The summed E-state index contributed by atoms with van der Waals surface area (Å²) in [7, 11) is -5.55. The van der Waals surface area contributed by atoms with E-state index >= 15 is 0 Å². The summed E-state index contributed by atoms with van der Waals surface area (Å²) < 4.78 is 41.7. The van der Waals surface area contributed by atoms with Crippen molar-refractivity contribution in [2.45, 2.75) is 146 Å². The van der Waals surface area contributed by atoms with Crippen LogP contribution in [0.4, 0.5) is 11.6 Å². The van der Waals surface area contributed by atoms with Gasteiger partial charge in [0.2, 0.25) is 5.28 Å². The molecule has 66 heavy (non-hydrogen) atoms. The molecule has 2 aliphatic heterocycles. The van der Waals surface area contributed by atoms with Crippen molar-refractivity contribution < 1.29 is 44.2 Å². The first kappa shape index (κ1) is 52.0. The summed E-state index contributed by atoms with van der Waals surface area (Å²) in [5.41, 5.74) is 16.1. The highest BCUT2D eigenvalue weighted by Gasteiger charge is 2.51. The Balaban J connectivity index is 0.000000253. The van der Waals surface area contributed by atoms with E-state index in [9.17, 15) is 15.3 Å². The van der Waals surface area contributed by atoms with E-state index in [2.05, 4.69) is 104 Å². The molecule has 0 bridgehead atoms. The molecule has 1 unspecified atom stereocenters. The van der Waals surface area contributed by atoms with E-state index in [1.807, 2.05) is 16.7 Å². The second kappa shape index (κ2) is 21.5. The lowest BCUT2D eigenvalue weighted by atomic mass is 10.1. The Morgan fingerprint density at radius 3 is 1.94 bits per heavy atom. The minimum atomic E-state index is -2.11. The third kappa shape index (κ3) is 11.7. The number of hydrogen-bond acceptors (Lipinski definition) is 17. The third-order valence-electron chi connectivity index (χ3n) is 12.9. The number of halogens is 2. The van der Waals surface area contributed by atoms with Crippen LogP contribution in [0, 0.1) is 0 Å². The molecule has 0 saturated carbocycles. The number of rotatable bonds is 17. The SMILES string of the molecule is CC(C)[SiH](C)O[C@H]1[C@@H](O[Si](C)(C)C(C)C)[C@H](n2cnc3c(N)nc(Cl)nc32)O[C@@H]1CO[Si](C)(C)C(C)C.Nc1nc(OCCc2ccc(Cl)cc2)nc2c1ncn2[C@@H]1O[C@H](CO)[C@@H](O)[C@H]1O.[HH]. The van der Waals surface area contributed by atoms with Crippen LogP contribution >= 0.6 is 23.2 Å². The molecule has 0 amide bonds. The molecule has 6 heterocycles. The molecule has 366 valence electrons. The molecule has 0 aliphatic carbocycles. The molecule has 7 N–H and O–H groups in total. The number of ether oxygens (including phenoxy) is 3. The van der Waals surface area contributed by atoms with Gasteiger partial charge in [0.15, 0.2) is 66.6 Å². The zero-order chi connectivity index (χ0) is 48.4. The molecule has 0 radical (unpaired) electrons. The van der Waals surface area contributed by atoms with E-state index in [1.165, 1.54) is 10.9 Å². The fourth-order valence-corrected chi connectivity index (χ4v) is 10.6. The van der Waals surface area contributed by atoms with Gasteiger partial charge in [-0.2, -0.15) is 19.9 Å². The summed E-state index contributed by atoms with van der Waals surface area (Å²) in [6, 6.07) is 7.47. The van der Waals surface area contributed by atoms with Crippen molar-refractivity contribution in [3.05, 3.63) is 52.8 Å². The molecule has 1 aromatic carbocycles. The smallest absolute Gasteiger partial charge is 0.320 e. The van der Waals surface area contributed by atoms with Gasteiger partial charge in [-0.15, -0.1) is 0 Å². The number of hydrogen-bond donors (Lipinski definition) is 5. The topological polar surface area (TPSA) is 255 Å². The molecular formula is C42H68Cl2N10O9Si3. The van der Waals surface area contributed by atoms with Crippen molar-refractivity contribution in [1.29, 1.82) is 0 Å². The number of aromatic nitrogens is 8. The van der Waals surface area contributed by atoms with Gasteiger partial charge in [0, 0.05) is 12.9 Å². The monoisotopic (exact) mass is 1010 g/mol. The number of imidazole rings is 2. The minimum absolute atomic E-state index is 0. The molecule has 2 aliphatic rings. The van der Waals surface area contributed by atoms with Gasteiger partial charge in [-0.3, -0.25) is 9.13 Å². The van der Waals surface area contributed by atoms with Crippen LogP contribution in [0.2, 0.25) is 59.7 Å². The van der Waals surface area contributed by atoms with Crippen molar-refractivity contribution in [2.24, 2.45) is 0 Å². The molecular weight excluding hydrogens is 944 g/mol. The normalized spacial score (nSPS) is 24.2. The fourth-order valence-electron chi connectivity index (χ4n) is 7.00. The van der Waals surface area contributed by atoms with Gasteiger partial charge >= 0.3 is 6.01 Å². The number of benzene rings is 1. The molecule has 4 aromatic heterocycles. The maximum absolute atomic E-state index is 10.3. The summed E-state index contributed by atoms with van der Waals surface area (Å²) in [4.78, 5) is 25.6. The second-order valence-electron chi connectivity index (χ2n) is 18.9. The second-order valence-corrected chi connectivity index (χ2v) is 31.9. The Morgan fingerprint density at radius 2 is 1.36 bits per heavy atom. The van der Waals surface area contributed by atoms with E-state index in [0.29, 0.717) is 58.0 Å². The average Bonchev–Trinajstić information content (AvgIpc) is 4.02. The van der Waals surface area contributed by atoms with Crippen molar-refractivity contribution in [3.8, 4) is 6.01 Å². The van der Waals surface area contributed by atoms with E-state index in [0.717, 1.165) is 5.56 Å². The average molecular weight is 1010 g/mol. The third-order valence-corrected chi connectivity index (χ3v) is 23.3. The number of nitrogens with zero attached hydrogens (tertiary/aromatic N) is 8.